The lowest BCUT2D eigenvalue weighted by Gasteiger charge is -2.08. The van der Waals surface area contributed by atoms with Crippen molar-refractivity contribution in [1.82, 2.24) is 5.32 Å². The van der Waals surface area contributed by atoms with Gasteiger partial charge in [0.2, 0.25) is 0 Å². The molecule has 1 rings (SSSR count). The van der Waals surface area contributed by atoms with Crippen LogP contribution < -0.4 is 10.1 Å². The predicted octanol–water partition coefficient (Wildman–Crippen LogP) is 2.12. The van der Waals surface area contributed by atoms with E-state index in [-0.39, 0.29) is 12.4 Å². The molecule has 0 aliphatic carbocycles. The van der Waals surface area contributed by atoms with Gasteiger partial charge in [0.1, 0.15) is 24.0 Å². The fourth-order valence-corrected chi connectivity index (χ4v) is 1.10. The lowest BCUT2D eigenvalue weighted by atomic mass is 10.3. The summed E-state index contributed by atoms with van der Waals surface area (Å²) in [6.07, 6.45) is 0. The average molecular weight is 213 g/mol. The number of ether oxygens (including phenoxy) is 1. The van der Waals surface area contributed by atoms with Crippen molar-refractivity contribution < 1.29 is 13.5 Å². The van der Waals surface area contributed by atoms with Gasteiger partial charge in [-0.1, -0.05) is 6.58 Å². The number of hydrogen-bond donors (Lipinski definition) is 1. The van der Waals surface area contributed by atoms with Gasteiger partial charge in [-0.3, -0.25) is 0 Å². The van der Waals surface area contributed by atoms with Gasteiger partial charge in [0, 0.05) is 24.7 Å². The van der Waals surface area contributed by atoms with E-state index in [9.17, 15) is 8.78 Å². The highest BCUT2D eigenvalue weighted by Gasteiger charge is 2.01. The number of benzene rings is 1. The van der Waals surface area contributed by atoms with Crippen molar-refractivity contribution in [2.24, 2.45) is 0 Å². The van der Waals surface area contributed by atoms with Gasteiger partial charge in [-0.25, -0.2) is 8.78 Å². The van der Waals surface area contributed by atoms with Crippen molar-refractivity contribution in [3.63, 3.8) is 0 Å². The molecule has 1 aromatic rings. The SMILES string of the molecule is C=C(CNC)COc1cc(F)cc(F)c1. The fraction of sp³-hybridized carbons (Fsp3) is 0.273. The van der Waals surface area contributed by atoms with Crippen molar-refractivity contribution in [1.29, 1.82) is 0 Å². The molecule has 0 fully saturated rings. The Hall–Kier alpha value is -1.42. The first-order chi connectivity index (χ1) is 7.11. The fourth-order valence-electron chi connectivity index (χ4n) is 1.10. The van der Waals surface area contributed by atoms with Crippen molar-refractivity contribution in [2.75, 3.05) is 20.2 Å². The quantitative estimate of drug-likeness (QED) is 0.756. The molecular formula is C11H13F2NO. The van der Waals surface area contributed by atoms with Crippen LogP contribution in [0.25, 0.3) is 0 Å². The second-order valence-electron chi connectivity index (χ2n) is 3.17. The molecule has 15 heavy (non-hydrogen) atoms. The Morgan fingerprint density at radius 1 is 1.33 bits per heavy atom. The monoisotopic (exact) mass is 213 g/mol. The van der Waals surface area contributed by atoms with E-state index in [1.54, 1.807) is 7.05 Å². The van der Waals surface area contributed by atoms with Crippen LogP contribution in [0.5, 0.6) is 5.75 Å². The van der Waals surface area contributed by atoms with Gasteiger partial charge in [-0.15, -0.1) is 0 Å². The third kappa shape index (κ3) is 4.08. The number of rotatable bonds is 5. The normalized spacial score (nSPS) is 10.1. The first kappa shape index (κ1) is 11.7. The molecule has 2 nitrogen and oxygen atoms in total. The summed E-state index contributed by atoms with van der Waals surface area (Å²) in [4.78, 5) is 0. The third-order valence-electron chi connectivity index (χ3n) is 1.71. The molecule has 0 spiro atoms. The molecule has 0 saturated heterocycles. The standard InChI is InChI=1S/C11H13F2NO/c1-8(6-14-2)7-15-11-4-9(12)3-10(13)5-11/h3-5,14H,1,6-7H2,2H3. The summed E-state index contributed by atoms with van der Waals surface area (Å²) in [6.45, 7) is 4.58. The molecule has 0 saturated carbocycles. The van der Waals surface area contributed by atoms with Crippen LogP contribution in [0.15, 0.2) is 30.4 Å². The molecule has 0 atom stereocenters. The van der Waals surface area contributed by atoms with Crippen molar-refractivity contribution in [2.45, 2.75) is 0 Å². The van der Waals surface area contributed by atoms with Crippen molar-refractivity contribution in [3.05, 3.63) is 42.0 Å². The van der Waals surface area contributed by atoms with Gasteiger partial charge in [-0.2, -0.15) is 0 Å². The molecule has 0 aromatic heterocycles. The Kier molecular flexibility index (Phi) is 4.24. The summed E-state index contributed by atoms with van der Waals surface area (Å²) in [5.74, 6) is -1.13. The Morgan fingerprint density at radius 3 is 2.47 bits per heavy atom. The average Bonchev–Trinajstić information content (AvgIpc) is 2.14. The van der Waals surface area contributed by atoms with Gasteiger partial charge in [0.15, 0.2) is 0 Å². The van der Waals surface area contributed by atoms with Gasteiger partial charge < -0.3 is 10.1 Å². The molecule has 0 bridgehead atoms. The maximum Gasteiger partial charge on any atom is 0.129 e. The molecule has 82 valence electrons. The molecule has 1 N–H and O–H groups in total. The van der Waals surface area contributed by atoms with Crippen LogP contribution in [-0.2, 0) is 0 Å². The molecule has 1 aromatic carbocycles. The third-order valence-corrected chi connectivity index (χ3v) is 1.71. The van der Waals surface area contributed by atoms with Crippen LogP contribution in [0.1, 0.15) is 0 Å². The predicted molar refractivity (Wildman–Crippen MR) is 54.9 cm³/mol. The van der Waals surface area contributed by atoms with E-state index in [2.05, 4.69) is 11.9 Å². The minimum absolute atomic E-state index is 0.171. The van der Waals surface area contributed by atoms with E-state index in [1.807, 2.05) is 0 Å². The highest BCUT2D eigenvalue weighted by molar-refractivity contribution is 5.24. The summed E-state index contributed by atoms with van der Waals surface area (Å²) in [6, 6.07) is 3.07. The zero-order valence-electron chi connectivity index (χ0n) is 8.52. The van der Waals surface area contributed by atoms with Gasteiger partial charge in [-0.05, 0) is 12.6 Å². The second-order valence-corrected chi connectivity index (χ2v) is 3.17. The lowest BCUT2D eigenvalue weighted by Crippen LogP contribution is -2.14. The molecule has 4 heteroatoms. The zero-order valence-corrected chi connectivity index (χ0v) is 8.52. The van der Waals surface area contributed by atoms with E-state index in [4.69, 9.17) is 4.74 Å². The number of nitrogens with one attached hydrogen (secondary N) is 1. The van der Waals surface area contributed by atoms with Crippen LogP contribution in [0, 0.1) is 11.6 Å². The van der Waals surface area contributed by atoms with Crippen LogP contribution in [-0.4, -0.2) is 20.2 Å². The summed E-state index contributed by atoms with van der Waals surface area (Å²) in [5.41, 5.74) is 0.808. The van der Waals surface area contributed by atoms with E-state index < -0.39 is 11.6 Å². The van der Waals surface area contributed by atoms with Crippen molar-refractivity contribution in [3.8, 4) is 5.75 Å². The molecule has 0 heterocycles. The second kappa shape index (κ2) is 5.46. The first-order valence-electron chi connectivity index (χ1n) is 4.52. The van der Waals surface area contributed by atoms with Crippen LogP contribution in [0.4, 0.5) is 8.78 Å². The molecule has 0 radical (unpaired) electrons. The van der Waals surface area contributed by atoms with Crippen LogP contribution in [0.3, 0.4) is 0 Å². The Bertz CT molecular complexity index is 332. The van der Waals surface area contributed by atoms with Gasteiger partial charge >= 0.3 is 0 Å². The summed E-state index contributed by atoms with van der Waals surface area (Å²) in [7, 11) is 1.78. The summed E-state index contributed by atoms with van der Waals surface area (Å²) in [5, 5.41) is 2.90. The topological polar surface area (TPSA) is 21.3 Å². The Morgan fingerprint density at radius 2 is 1.93 bits per heavy atom. The highest BCUT2D eigenvalue weighted by Crippen LogP contribution is 2.15. The Balaban J connectivity index is 2.54. The maximum absolute atomic E-state index is 12.7. The largest absolute Gasteiger partial charge is 0.489 e. The minimum Gasteiger partial charge on any atom is -0.489 e. The van der Waals surface area contributed by atoms with E-state index >= 15 is 0 Å². The molecular weight excluding hydrogens is 200 g/mol. The van der Waals surface area contributed by atoms with E-state index in [1.165, 1.54) is 0 Å². The smallest absolute Gasteiger partial charge is 0.129 e. The Labute approximate surface area is 87.6 Å². The number of halogens is 2. The zero-order chi connectivity index (χ0) is 11.3. The number of hydrogen-bond acceptors (Lipinski definition) is 2. The summed E-state index contributed by atoms with van der Waals surface area (Å²) >= 11 is 0. The maximum atomic E-state index is 12.7. The lowest BCUT2D eigenvalue weighted by molar-refractivity contribution is 0.344. The molecule has 0 aliphatic rings. The van der Waals surface area contributed by atoms with Crippen molar-refractivity contribution >= 4 is 0 Å². The molecule has 0 unspecified atom stereocenters. The van der Waals surface area contributed by atoms with E-state index in [0.29, 0.717) is 6.54 Å². The number of likely N-dealkylation sites (N-methyl/N-ethyl adjacent to an activating group) is 1. The first-order valence-corrected chi connectivity index (χ1v) is 4.52. The molecule has 0 aliphatic heterocycles. The van der Waals surface area contributed by atoms with E-state index in [0.717, 1.165) is 23.8 Å². The van der Waals surface area contributed by atoms with Crippen LogP contribution >= 0.6 is 0 Å². The molecule has 0 amide bonds. The minimum atomic E-state index is -0.649. The summed E-state index contributed by atoms with van der Waals surface area (Å²) < 4.78 is 30.7. The highest BCUT2D eigenvalue weighted by atomic mass is 19.1. The van der Waals surface area contributed by atoms with Crippen LogP contribution in [0.2, 0.25) is 0 Å². The van der Waals surface area contributed by atoms with Gasteiger partial charge in [0.05, 0.1) is 0 Å². The van der Waals surface area contributed by atoms with Gasteiger partial charge in [0.25, 0.3) is 0 Å².